The number of hydrogen-bond acceptors (Lipinski definition) is 2. The van der Waals surface area contributed by atoms with Gasteiger partial charge in [0.25, 0.3) is 0 Å². The Morgan fingerprint density at radius 2 is 2.00 bits per heavy atom. The molecule has 0 spiro atoms. The third kappa shape index (κ3) is 4.06. The van der Waals surface area contributed by atoms with Crippen LogP contribution in [0.5, 0.6) is 0 Å². The Bertz CT molecular complexity index is 438. The van der Waals surface area contributed by atoms with Crippen LogP contribution < -0.4 is 9.25 Å². The van der Waals surface area contributed by atoms with Gasteiger partial charge in [-0.3, -0.25) is 0 Å². The fraction of sp³-hybridized carbons (Fsp3) is 0.500. The molecule has 0 bridgehead atoms. The van der Waals surface area contributed by atoms with E-state index in [-0.39, 0.29) is 6.09 Å². The van der Waals surface area contributed by atoms with Gasteiger partial charge in [-0.25, -0.2) is 0 Å². The van der Waals surface area contributed by atoms with Crippen molar-refractivity contribution in [2.75, 3.05) is 11.9 Å². The van der Waals surface area contributed by atoms with Crippen molar-refractivity contribution in [3.05, 3.63) is 23.8 Å². The Balaban J connectivity index is 2.87. The summed E-state index contributed by atoms with van der Waals surface area (Å²) in [4.78, 5) is 13.5. The van der Waals surface area contributed by atoms with E-state index in [2.05, 4.69) is 13.0 Å². The fourth-order valence-electron chi connectivity index (χ4n) is 1.55. The number of hydrogen-bond donors (Lipinski definition) is 0. The number of aryl methyl sites for hydroxylation is 1. The molecule has 0 aliphatic carbocycles. The summed E-state index contributed by atoms with van der Waals surface area (Å²) in [5.41, 5.74) is 1.74. The van der Waals surface area contributed by atoms with Crippen LogP contribution in [0.1, 0.15) is 33.3 Å². The third-order valence-electron chi connectivity index (χ3n) is 2.57. The number of anilines is 1. The minimum absolute atomic E-state index is 0.321. The molecule has 0 aromatic heterocycles. The van der Waals surface area contributed by atoms with E-state index in [1.54, 1.807) is 28.8 Å². The van der Waals surface area contributed by atoms with Gasteiger partial charge in [0.1, 0.15) is 0 Å². The molecule has 0 radical (unpaired) electrons. The first-order valence-electron chi connectivity index (χ1n) is 6.09. The van der Waals surface area contributed by atoms with Crippen LogP contribution in [-0.2, 0) is 11.2 Å². The number of rotatable bonds is 2. The van der Waals surface area contributed by atoms with Gasteiger partial charge in [0.05, 0.1) is 0 Å². The minimum atomic E-state index is -0.465. The van der Waals surface area contributed by atoms with Crippen molar-refractivity contribution < 1.29 is 9.53 Å². The molecule has 1 aromatic carbocycles. The zero-order chi connectivity index (χ0) is 13.9. The molecule has 3 nitrogen and oxygen atoms in total. The standard InChI is InChI=1S/C14H22AsNO2/c1-6-10-7-8-11(9-12(10)15)16(5)13(17)18-14(2,3)4/h7-9H,6,15H2,1-5H3. The molecule has 0 heterocycles. The molecule has 1 unspecified atom stereocenters. The zero-order valence-corrected chi connectivity index (χ0v) is 14.2. The molecule has 0 saturated heterocycles. The van der Waals surface area contributed by atoms with Crippen molar-refractivity contribution >= 4 is 33.0 Å². The SMILES string of the molecule is CCc1ccc(N(C)C(=O)OC(C)(C)C)cc1[AsH2]. The first kappa shape index (κ1) is 15.1. The molecule has 0 fully saturated rings. The van der Waals surface area contributed by atoms with Gasteiger partial charge in [-0.15, -0.1) is 0 Å². The van der Waals surface area contributed by atoms with Gasteiger partial charge < -0.3 is 0 Å². The first-order valence-corrected chi connectivity index (χ1v) is 7.31. The summed E-state index contributed by atoms with van der Waals surface area (Å²) in [7, 11) is 1.74. The number of benzene rings is 1. The van der Waals surface area contributed by atoms with E-state index in [0.717, 1.165) is 12.1 Å². The van der Waals surface area contributed by atoms with E-state index in [0.29, 0.717) is 0 Å². The molecular formula is C14H22AsNO2. The summed E-state index contributed by atoms with van der Waals surface area (Å²) in [5, 5.41) is 0. The first-order chi connectivity index (χ1) is 8.24. The number of carbonyl (C=O) groups is 1. The normalized spacial score (nSPS) is 11.2. The number of carbonyl (C=O) groups excluding carboxylic acids is 1. The van der Waals surface area contributed by atoms with Crippen LogP contribution in [0.4, 0.5) is 10.5 Å². The predicted molar refractivity (Wildman–Crippen MR) is 78.6 cm³/mol. The second kappa shape index (κ2) is 5.79. The number of amides is 1. The Labute approximate surface area is 118 Å². The zero-order valence-electron chi connectivity index (χ0n) is 11.8. The van der Waals surface area contributed by atoms with Crippen LogP contribution in [-0.4, -0.2) is 35.6 Å². The summed E-state index contributed by atoms with van der Waals surface area (Å²) < 4.78 is 6.60. The maximum absolute atomic E-state index is 11.9. The van der Waals surface area contributed by atoms with E-state index in [1.165, 1.54) is 9.91 Å². The molecule has 0 saturated carbocycles. The van der Waals surface area contributed by atoms with Gasteiger partial charge in [0, 0.05) is 0 Å². The van der Waals surface area contributed by atoms with E-state index < -0.39 is 5.60 Å². The van der Waals surface area contributed by atoms with Gasteiger partial charge in [-0.2, -0.15) is 0 Å². The Morgan fingerprint density at radius 3 is 2.44 bits per heavy atom. The molecule has 1 amide bonds. The second-order valence-electron chi connectivity index (χ2n) is 5.28. The Kier molecular flexibility index (Phi) is 4.86. The molecule has 1 aromatic rings. The van der Waals surface area contributed by atoms with Crippen molar-refractivity contribution in [2.24, 2.45) is 0 Å². The molecule has 0 N–H and O–H groups in total. The topological polar surface area (TPSA) is 29.5 Å². The number of ether oxygens (including phenoxy) is 1. The second-order valence-corrected chi connectivity index (χ2v) is 6.58. The molecule has 1 atom stereocenters. The molecule has 0 aliphatic rings. The van der Waals surface area contributed by atoms with E-state index >= 15 is 0 Å². The van der Waals surface area contributed by atoms with Crippen LogP contribution in [0.3, 0.4) is 0 Å². The van der Waals surface area contributed by atoms with Crippen molar-refractivity contribution in [2.45, 2.75) is 39.7 Å². The van der Waals surface area contributed by atoms with Crippen LogP contribution in [0.25, 0.3) is 0 Å². The molecular weight excluding hydrogens is 289 g/mol. The van der Waals surface area contributed by atoms with Crippen molar-refractivity contribution in [1.29, 1.82) is 0 Å². The third-order valence-corrected chi connectivity index (χ3v) is 3.69. The average molecular weight is 311 g/mol. The van der Waals surface area contributed by atoms with Gasteiger partial charge >= 0.3 is 118 Å². The Hall–Kier alpha value is -0.952. The van der Waals surface area contributed by atoms with Gasteiger partial charge in [-0.1, -0.05) is 0 Å². The molecule has 4 heteroatoms. The van der Waals surface area contributed by atoms with Crippen LogP contribution in [0.15, 0.2) is 18.2 Å². The quantitative estimate of drug-likeness (QED) is 0.781. The predicted octanol–water partition coefficient (Wildman–Crippen LogP) is 1.88. The van der Waals surface area contributed by atoms with Crippen molar-refractivity contribution in [3.8, 4) is 0 Å². The summed E-state index contributed by atoms with van der Waals surface area (Å²) in [6.45, 7) is 7.74. The van der Waals surface area contributed by atoms with E-state index in [1.807, 2.05) is 32.9 Å². The summed E-state index contributed by atoms with van der Waals surface area (Å²) in [6, 6.07) is 6.09. The van der Waals surface area contributed by atoms with Crippen LogP contribution >= 0.6 is 0 Å². The summed E-state index contributed by atoms with van der Waals surface area (Å²) in [6.07, 6.45) is 0.697. The van der Waals surface area contributed by atoms with Gasteiger partial charge in [-0.05, 0) is 0 Å². The summed E-state index contributed by atoms with van der Waals surface area (Å²) >= 11 is 1.58. The number of nitrogens with zero attached hydrogens (tertiary/aromatic N) is 1. The fourth-order valence-corrected chi connectivity index (χ4v) is 2.54. The monoisotopic (exact) mass is 311 g/mol. The van der Waals surface area contributed by atoms with Crippen LogP contribution in [0, 0.1) is 0 Å². The Morgan fingerprint density at radius 1 is 1.39 bits per heavy atom. The molecule has 100 valence electrons. The van der Waals surface area contributed by atoms with Crippen molar-refractivity contribution in [1.82, 2.24) is 0 Å². The average Bonchev–Trinajstić information content (AvgIpc) is 2.25. The molecule has 0 aliphatic heterocycles. The molecule has 1 rings (SSSR count). The van der Waals surface area contributed by atoms with Gasteiger partial charge in [0.2, 0.25) is 0 Å². The van der Waals surface area contributed by atoms with E-state index in [9.17, 15) is 4.79 Å². The maximum atomic E-state index is 11.9. The van der Waals surface area contributed by atoms with E-state index in [4.69, 9.17) is 4.74 Å². The van der Waals surface area contributed by atoms with Gasteiger partial charge in [0.15, 0.2) is 0 Å². The van der Waals surface area contributed by atoms with Crippen molar-refractivity contribution in [3.63, 3.8) is 0 Å². The summed E-state index contributed by atoms with van der Waals surface area (Å²) in [5.74, 6) is 0. The van der Waals surface area contributed by atoms with Crippen LogP contribution in [0.2, 0.25) is 0 Å². The molecule has 18 heavy (non-hydrogen) atoms.